The van der Waals surface area contributed by atoms with Crippen molar-refractivity contribution in [2.75, 3.05) is 0 Å². The molecule has 0 heterocycles. The fourth-order valence-corrected chi connectivity index (χ4v) is 9.35. The molecule has 4 saturated carbocycles. The van der Waals surface area contributed by atoms with Crippen LogP contribution in [0, 0.1) is 52.3 Å². The van der Waals surface area contributed by atoms with E-state index in [0.717, 1.165) is 18.3 Å². The topological polar surface area (TPSA) is 17.1 Å². The molecule has 27 heavy (non-hydrogen) atoms. The van der Waals surface area contributed by atoms with Crippen LogP contribution in [-0.4, -0.2) is 5.78 Å². The van der Waals surface area contributed by atoms with Gasteiger partial charge in [0.25, 0.3) is 0 Å². The lowest BCUT2D eigenvalue weighted by molar-refractivity contribution is -0.168. The van der Waals surface area contributed by atoms with Gasteiger partial charge in [-0.3, -0.25) is 4.79 Å². The van der Waals surface area contributed by atoms with Crippen LogP contribution in [-0.2, 0) is 4.79 Å². The average Bonchev–Trinajstić information content (AvgIpc) is 3.00. The third kappa shape index (κ3) is 2.80. The quantitative estimate of drug-likeness (QED) is 0.506. The maximum atomic E-state index is 13.9. The van der Waals surface area contributed by atoms with Crippen molar-refractivity contribution in [3.05, 3.63) is 0 Å². The first kappa shape index (κ1) is 20.0. The molecule has 9 atom stereocenters. The minimum atomic E-state index is 0.367. The SMILES string of the molecule is CCC[C@@H](C)C1CCC2C3C(=O)C(CC)C4CCCCC4(C)C3CCC21C. The lowest BCUT2D eigenvalue weighted by Gasteiger charge is -2.62. The molecule has 4 fully saturated rings. The highest BCUT2D eigenvalue weighted by atomic mass is 16.1. The maximum Gasteiger partial charge on any atom is 0.139 e. The standard InChI is InChI=1S/C26H44O/c1-6-10-17(3)19-12-13-21-23-22(14-16-26(19,21)5)25(4)15-9-8-11-20(25)18(7-2)24(23)27/h17-23H,6-16H2,1-5H3/t17-,18?,19?,20?,21?,22?,23?,25?,26?/m1/s1. The summed E-state index contributed by atoms with van der Waals surface area (Å²) >= 11 is 0. The summed E-state index contributed by atoms with van der Waals surface area (Å²) in [6.45, 7) is 12.3. The monoisotopic (exact) mass is 372 g/mol. The molecule has 0 spiro atoms. The van der Waals surface area contributed by atoms with Gasteiger partial charge in [0.1, 0.15) is 5.78 Å². The zero-order valence-electron chi connectivity index (χ0n) is 18.7. The van der Waals surface area contributed by atoms with Gasteiger partial charge in [-0.1, -0.05) is 60.3 Å². The smallest absolute Gasteiger partial charge is 0.139 e. The van der Waals surface area contributed by atoms with Gasteiger partial charge in [-0.15, -0.1) is 0 Å². The van der Waals surface area contributed by atoms with Crippen LogP contribution in [0.4, 0.5) is 0 Å². The Morgan fingerprint density at radius 1 is 0.926 bits per heavy atom. The zero-order chi connectivity index (χ0) is 19.4. The molecule has 0 saturated heterocycles. The van der Waals surface area contributed by atoms with E-state index in [4.69, 9.17) is 0 Å². The predicted molar refractivity (Wildman–Crippen MR) is 113 cm³/mol. The summed E-state index contributed by atoms with van der Waals surface area (Å²) < 4.78 is 0. The van der Waals surface area contributed by atoms with Gasteiger partial charge in [-0.2, -0.15) is 0 Å². The summed E-state index contributed by atoms with van der Waals surface area (Å²) in [5.74, 6) is 5.22. The van der Waals surface area contributed by atoms with Crippen molar-refractivity contribution >= 4 is 5.78 Å². The normalized spacial score (nSPS) is 50.6. The highest BCUT2D eigenvalue weighted by Gasteiger charge is 2.64. The van der Waals surface area contributed by atoms with E-state index in [-0.39, 0.29) is 0 Å². The Morgan fingerprint density at radius 2 is 1.67 bits per heavy atom. The van der Waals surface area contributed by atoms with Gasteiger partial charge < -0.3 is 0 Å². The highest BCUT2D eigenvalue weighted by molar-refractivity contribution is 5.86. The van der Waals surface area contributed by atoms with Crippen LogP contribution >= 0.6 is 0 Å². The molecule has 1 nitrogen and oxygen atoms in total. The summed E-state index contributed by atoms with van der Waals surface area (Å²) in [6, 6.07) is 0. The molecular weight excluding hydrogens is 328 g/mol. The fourth-order valence-electron chi connectivity index (χ4n) is 9.35. The molecule has 0 aromatic heterocycles. The molecule has 0 amide bonds. The second kappa shape index (κ2) is 7.17. The Bertz CT molecular complexity index is 567. The molecule has 4 rings (SSSR count). The summed E-state index contributed by atoms with van der Waals surface area (Å²) in [5.41, 5.74) is 0.882. The summed E-state index contributed by atoms with van der Waals surface area (Å²) in [5, 5.41) is 0. The minimum Gasteiger partial charge on any atom is -0.299 e. The number of Topliss-reactive ketones (excluding diaryl/α,β-unsaturated/α-hetero) is 1. The van der Waals surface area contributed by atoms with E-state index in [1.165, 1.54) is 64.2 Å². The number of fused-ring (bicyclic) bond motifs is 5. The molecule has 4 aliphatic carbocycles. The lowest BCUT2D eigenvalue weighted by Crippen LogP contribution is -2.59. The Balaban J connectivity index is 1.68. The molecule has 0 bridgehead atoms. The van der Waals surface area contributed by atoms with Crippen LogP contribution in [0.15, 0.2) is 0 Å². The number of hydrogen-bond acceptors (Lipinski definition) is 1. The van der Waals surface area contributed by atoms with Crippen molar-refractivity contribution in [3.63, 3.8) is 0 Å². The van der Waals surface area contributed by atoms with E-state index in [1.54, 1.807) is 0 Å². The van der Waals surface area contributed by atoms with Crippen molar-refractivity contribution in [2.45, 2.75) is 105 Å². The van der Waals surface area contributed by atoms with Gasteiger partial charge in [-0.25, -0.2) is 0 Å². The van der Waals surface area contributed by atoms with Gasteiger partial charge in [-0.05, 0) is 85.4 Å². The van der Waals surface area contributed by atoms with E-state index < -0.39 is 0 Å². The van der Waals surface area contributed by atoms with Gasteiger partial charge in [0.2, 0.25) is 0 Å². The van der Waals surface area contributed by atoms with E-state index >= 15 is 0 Å². The largest absolute Gasteiger partial charge is 0.299 e. The van der Waals surface area contributed by atoms with Gasteiger partial charge in [0.15, 0.2) is 0 Å². The molecule has 4 aliphatic rings. The highest BCUT2D eigenvalue weighted by Crippen LogP contribution is 2.68. The molecule has 0 aliphatic heterocycles. The molecular formula is C26H44O. The number of ketones is 1. The fraction of sp³-hybridized carbons (Fsp3) is 0.962. The van der Waals surface area contributed by atoms with E-state index in [2.05, 4.69) is 34.6 Å². The molecule has 0 N–H and O–H groups in total. The van der Waals surface area contributed by atoms with Gasteiger partial charge in [0.05, 0.1) is 0 Å². The van der Waals surface area contributed by atoms with Gasteiger partial charge >= 0.3 is 0 Å². The van der Waals surface area contributed by atoms with Crippen molar-refractivity contribution in [1.82, 2.24) is 0 Å². The molecule has 0 radical (unpaired) electrons. The van der Waals surface area contributed by atoms with Crippen LogP contribution in [0.25, 0.3) is 0 Å². The predicted octanol–water partition coefficient (Wildman–Crippen LogP) is 7.29. The first-order valence-electron chi connectivity index (χ1n) is 12.4. The second-order valence-corrected chi connectivity index (χ2v) is 11.5. The van der Waals surface area contributed by atoms with Crippen molar-refractivity contribution in [2.24, 2.45) is 52.3 Å². The first-order chi connectivity index (χ1) is 12.9. The first-order valence-corrected chi connectivity index (χ1v) is 12.4. The molecule has 8 unspecified atom stereocenters. The number of carbonyl (C=O) groups excluding carboxylic acids is 1. The summed E-state index contributed by atoms with van der Waals surface area (Å²) in [4.78, 5) is 13.9. The summed E-state index contributed by atoms with van der Waals surface area (Å²) in [7, 11) is 0. The number of hydrogen-bond donors (Lipinski definition) is 0. The van der Waals surface area contributed by atoms with Crippen LogP contribution in [0.1, 0.15) is 105 Å². The maximum absolute atomic E-state index is 13.9. The Hall–Kier alpha value is -0.330. The van der Waals surface area contributed by atoms with Crippen molar-refractivity contribution in [1.29, 1.82) is 0 Å². The van der Waals surface area contributed by atoms with Crippen LogP contribution < -0.4 is 0 Å². The average molecular weight is 373 g/mol. The van der Waals surface area contributed by atoms with Crippen LogP contribution in [0.3, 0.4) is 0 Å². The van der Waals surface area contributed by atoms with E-state index in [0.29, 0.717) is 46.2 Å². The Kier molecular flexibility index (Phi) is 5.30. The Labute approximate surface area is 168 Å². The Morgan fingerprint density at radius 3 is 2.37 bits per heavy atom. The molecule has 1 heteroatoms. The van der Waals surface area contributed by atoms with Gasteiger partial charge in [0, 0.05) is 11.8 Å². The van der Waals surface area contributed by atoms with Crippen molar-refractivity contribution < 1.29 is 4.79 Å². The van der Waals surface area contributed by atoms with E-state index in [1.807, 2.05) is 0 Å². The third-order valence-electron chi connectivity index (χ3n) is 10.6. The second-order valence-electron chi connectivity index (χ2n) is 11.5. The molecule has 0 aromatic rings. The lowest BCUT2D eigenvalue weighted by atomic mass is 9.42. The van der Waals surface area contributed by atoms with Crippen molar-refractivity contribution in [3.8, 4) is 0 Å². The molecule has 0 aromatic carbocycles. The number of carbonyl (C=O) groups is 1. The zero-order valence-corrected chi connectivity index (χ0v) is 18.7. The van der Waals surface area contributed by atoms with E-state index in [9.17, 15) is 4.79 Å². The minimum absolute atomic E-state index is 0.367. The van der Waals surface area contributed by atoms with Crippen LogP contribution in [0.5, 0.6) is 0 Å². The third-order valence-corrected chi connectivity index (χ3v) is 10.6. The molecule has 154 valence electrons. The number of rotatable bonds is 4. The van der Waals surface area contributed by atoms with Crippen LogP contribution in [0.2, 0.25) is 0 Å². The summed E-state index contributed by atoms with van der Waals surface area (Å²) in [6.07, 6.45) is 14.7.